The molecule has 4 nitrogen and oxygen atoms in total. The highest BCUT2D eigenvalue weighted by atomic mass is 35.5. The molecular formula is C15H26Cl2N2O2. The highest BCUT2D eigenvalue weighted by molar-refractivity contribution is 5.85. The molecule has 0 spiro atoms. The Balaban J connectivity index is 0.00000200. The van der Waals surface area contributed by atoms with E-state index in [-0.39, 0.29) is 24.8 Å². The smallest absolute Gasteiger partial charge is 0.122 e. The van der Waals surface area contributed by atoms with Crippen molar-refractivity contribution in [2.75, 3.05) is 40.4 Å². The van der Waals surface area contributed by atoms with Gasteiger partial charge in [0.05, 0.1) is 14.2 Å². The number of nitrogens with one attached hydrogen (secondary N) is 1. The molecule has 1 aliphatic heterocycles. The van der Waals surface area contributed by atoms with Gasteiger partial charge in [-0.1, -0.05) is 6.92 Å². The van der Waals surface area contributed by atoms with E-state index in [1.807, 2.05) is 6.07 Å². The van der Waals surface area contributed by atoms with Crippen LogP contribution in [-0.4, -0.2) is 45.3 Å². The molecule has 1 aromatic carbocycles. The number of nitrogens with zero attached hydrogens (tertiary/aromatic N) is 1. The predicted octanol–water partition coefficient (Wildman–Crippen LogP) is 2.90. The number of ether oxygens (including phenoxy) is 2. The normalized spacial score (nSPS) is 16.3. The Bertz CT molecular complexity index is 390. The lowest BCUT2D eigenvalue weighted by molar-refractivity contribution is 0.169. The molecule has 0 unspecified atom stereocenters. The lowest BCUT2D eigenvalue weighted by Crippen LogP contribution is -2.45. The molecule has 1 saturated heterocycles. The fourth-order valence-electron chi connectivity index (χ4n) is 2.72. The molecule has 122 valence electrons. The summed E-state index contributed by atoms with van der Waals surface area (Å²) in [6.45, 7) is 6.56. The SMILES string of the molecule is CC[C@@H](c1cc(OC)cc(OC)c1)N1CCNCC1.Cl.Cl. The topological polar surface area (TPSA) is 33.7 Å². The summed E-state index contributed by atoms with van der Waals surface area (Å²) in [6, 6.07) is 6.61. The van der Waals surface area contributed by atoms with E-state index in [1.54, 1.807) is 14.2 Å². The number of methoxy groups -OCH3 is 2. The van der Waals surface area contributed by atoms with E-state index >= 15 is 0 Å². The van der Waals surface area contributed by atoms with Crippen LogP contribution in [0.2, 0.25) is 0 Å². The fourth-order valence-corrected chi connectivity index (χ4v) is 2.72. The maximum atomic E-state index is 5.37. The van der Waals surface area contributed by atoms with Gasteiger partial charge in [-0.05, 0) is 24.1 Å². The lowest BCUT2D eigenvalue weighted by Gasteiger charge is -2.35. The molecule has 1 fully saturated rings. The van der Waals surface area contributed by atoms with Crippen LogP contribution in [-0.2, 0) is 0 Å². The van der Waals surface area contributed by atoms with Crippen molar-refractivity contribution >= 4 is 24.8 Å². The maximum absolute atomic E-state index is 5.37. The van der Waals surface area contributed by atoms with Gasteiger partial charge in [0.2, 0.25) is 0 Å². The molecule has 6 heteroatoms. The summed E-state index contributed by atoms with van der Waals surface area (Å²) < 4.78 is 10.7. The Hall–Kier alpha value is -0.680. The van der Waals surface area contributed by atoms with Crippen molar-refractivity contribution in [2.45, 2.75) is 19.4 Å². The first-order valence-corrected chi connectivity index (χ1v) is 6.96. The van der Waals surface area contributed by atoms with Crippen molar-refractivity contribution in [3.8, 4) is 11.5 Å². The highest BCUT2D eigenvalue weighted by Gasteiger charge is 2.21. The molecule has 1 N–H and O–H groups in total. The van der Waals surface area contributed by atoms with Gasteiger partial charge in [-0.3, -0.25) is 4.90 Å². The zero-order chi connectivity index (χ0) is 13.7. The largest absolute Gasteiger partial charge is 0.497 e. The van der Waals surface area contributed by atoms with E-state index in [4.69, 9.17) is 9.47 Å². The van der Waals surface area contributed by atoms with Crippen molar-refractivity contribution in [2.24, 2.45) is 0 Å². The fraction of sp³-hybridized carbons (Fsp3) is 0.600. The molecule has 0 bridgehead atoms. The first kappa shape index (κ1) is 20.3. The highest BCUT2D eigenvalue weighted by Crippen LogP contribution is 2.31. The van der Waals surface area contributed by atoms with E-state index in [0.29, 0.717) is 6.04 Å². The average molecular weight is 337 g/mol. The molecule has 0 aliphatic carbocycles. The zero-order valence-corrected chi connectivity index (χ0v) is 14.6. The van der Waals surface area contributed by atoms with Crippen molar-refractivity contribution in [3.05, 3.63) is 23.8 Å². The van der Waals surface area contributed by atoms with Gasteiger partial charge in [0.1, 0.15) is 11.5 Å². The third-order valence-electron chi connectivity index (χ3n) is 3.74. The molecule has 0 aromatic heterocycles. The summed E-state index contributed by atoms with van der Waals surface area (Å²) >= 11 is 0. The van der Waals surface area contributed by atoms with Gasteiger partial charge in [-0.25, -0.2) is 0 Å². The zero-order valence-electron chi connectivity index (χ0n) is 12.9. The molecule has 0 amide bonds. The van der Waals surface area contributed by atoms with Gasteiger partial charge in [-0.2, -0.15) is 0 Å². The molecule has 1 atom stereocenters. The first-order valence-electron chi connectivity index (χ1n) is 6.96. The van der Waals surface area contributed by atoms with E-state index in [2.05, 4.69) is 29.3 Å². The molecule has 21 heavy (non-hydrogen) atoms. The van der Waals surface area contributed by atoms with Crippen molar-refractivity contribution in [3.63, 3.8) is 0 Å². The Morgan fingerprint density at radius 2 is 1.57 bits per heavy atom. The number of rotatable bonds is 5. The molecule has 1 aromatic rings. The van der Waals surface area contributed by atoms with Crippen molar-refractivity contribution in [1.29, 1.82) is 0 Å². The van der Waals surface area contributed by atoms with Gasteiger partial charge < -0.3 is 14.8 Å². The van der Waals surface area contributed by atoms with Crippen LogP contribution in [0.1, 0.15) is 24.9 Å². The van der Waals surface area contributed by atoms with E-state index in [0.717, 1.165) is 44.1 Å². The molecular weight excluding hydrogens is 311 g/mol. The van der Waals surface area contributed by atoms with Crippen molar-refractivity contribution in [1.82, 2.24) is 10.2 Å². The molecule has 2 rings (SSSR count). The summed E-state index contributed by atoms with van der Waals surface area (Å²) in [6.07, 6.45) is 1.09. The van der Waals surface area contributed by atoms with Crippen molar-refractivity contribution < 1.29 is 9.47 Å². The van der Waals surface area contributed by atoms with Gasteiger partial charge in [0, 0.05) is 38.3 Å². The minimum absolute atomic E-state index is 0. The minimum atomic E-state index is 0. The van der Waals surface area contributed by atoms with Crippen LogP contribution in [0.5, 0.6) is 11.5 Å². The Morgan fingerprint density at radius 1 is 1.05 bits per heavy atom. The third kappa shape index (κ3) is 5.22. The first-order chi connectivity index (χ1) is 9.28. The predicted molar refractivity (Wildman–Crippen MR) is 91.5 cm³/mol. The second kappa shape index (κ2) is 10.1. The van der Waals surface area contributed by atoms with Gasteiger partial charge >= 0.3 is 0 Å². The van der Waals surface area contributed by atoms with Crippen LogP contribution < -0.4 is 14.8 Å². The third-order valence-corrected chi connectivity index (χ3v) is 3.74. The molecule has 0 radical (unpaired) electrons. The summed E-state index contributed by atoms with van der Waals surface area (Å²) in [5, 5.41) is 3.40. The van der Waals surface area contributed by atoms with E-state index in [9.17, 15) is 0 Å². The quantitative estimate of drug-likeness (QED) is 0.896. The second-order valence-electron chi connectivity index (χ2n) is 4.86. The molecule has 1 aliphatic rings. The summed E-state index contributed by atoms with van der Waals surface area (Å²) in [4.78, 5) is 2.53. The summed E-state index contributed by atoms with van der Waals surface area (Å²) in [7, 11) is 3.40. The second-order valence-corrected chi connectivity index (χ2v) is 4.86. The minimum Gasteiger partial charge on any atom is -0.497 e. The van der Waals surface area contributed by atoms with Gasteiger partial charge in [-0.15, -0.1) is 24.8 Å². The average Bonchev–Trinajstić information content (AvgIpc) is 2.48. The monoisotopic (exact) mass is 336 g/mol. The number of hydrogen-bond donors (Lipinski definition) is 1. The lowest BCUT2D eigenvalue weighted by atomic mass is 10.0. The number of halogens is 2. The Kier molecular flexibility index (Phi) is 9.79. The van der Waals surface area contributed by atoms with Crippen LogP contribution in [0.3, 0.4) is 0 Å². The van der Waals surface area contributed by atoms with Crippen LogP contribution >= 0.6 is 24.8 Å². The number of hydrogen-bond acceptors (Lipinski definition) is 4. The maximum Gasteiger partial charge on any atom is 0.122 e. The van der Waals surface area contributed by atoms with E-state index < -0.39 is 0 Å². The van der Waals surface area contributed by atoms with Gasteiger partial charge in [0.25, 0.3) is 0 Å². The molecule has 0 saturated carbocycles. The standard InChI is InChI=1S/C15H24N2O2.2ClH/c1-4-15(17-7-5-16-6-8-17)12-9-13(18-2)11-14(10-12)19-3;;/h9-11,15-16H,4-8H2,1-3H3;2*1H/t15-;;/m0../s1. The van der Waals surface area contributed by atoms with Crippen LogP contribution in [0.15, 0.2) is 18.2 Å². The summed E-state index contributed by atoms with van der Waals surface area (Å²) in [5.74, 6) is 1.73. The van der Waals surface area contributed by atoms with E-state index in [1.165, 1.54) is 5.56 Å². The van der Waals surface area contributed by atoms with Gasteiger partial charge in [0.15, 0.2) is 0 Å². The van der Waals surface area contributed by atoms with Crippen LogP contribution in [0.4, 0.5) is 0 Å². The van der Waals surface area contributed by atoms with Crippen LogP contribution in [0, 0.1) is 0 Å². The Morgan fingerprint density at radius 3 is 2.00 bits per heavy atom. The summed E-state index contributed by atoms with van der Waals surface area (Å²) in [5.41, 5.74) is 1.28. The Labute approximate surface area is 140 Å². The number of piperazine rings is 1. The number of benzene rings is 1. The van der Waals surface area contributed by atoms with Crippen LogP contribution in [0.25, 0.3) is 0 Å². The molecule has 1 heterocycles.